The van der Waals surface area contributed by atoms with Gasteiger partial charge in [0.15, 0.2) is 5.82 Å². The molecule has 0 spiro atoms. The largest absolute Gasteiger partial charge is 0.330 e. The fourth-order valence-corrected chi connectivity index (χ4v) is 1.66. The number of aryl methyl sites for hydroxylation is 1. The van der Waals surface area contributed by atoms with Crippen molar-refractivity contribution in [2.24, 2.45) is 5.84 Å². The molecule has 2 aromatic rings. The van der Waals surface area contributed by atoms with E-state index in [0.717, 1.165) is 12.1 Å². The number of hydrogen-bond acceptors (Lipinski definition) is 6. The first-order valence-corrected chi connectivity index (χ1v) is 5.77. The van der Waals surface area contributed by atoms with Gasteiger partial charge in [0.2, 0.25) is 5.82 Å². The van der Waals surface area contributed by atoms with E-state index in [0.29, 0.717) is 0 Å². The van der Waals surface area contributed by atoms with Crippen molar-refractivity contribution in [1.82, 2.24) is 4.98 Å². The van der Waals surface area contributed by atoms with Crippen LogP contribution in [0.15, 0.2) is 24.3 Å². The van der Waals surface area contributed by atoms with Gasteiger partial charge in [0, 0.05) is 6.07 Å². The molecule has 0 saturated heterocycles. The van der Waals surface area contributed by atoms with Crippen LogP contribution in [-0.2, 0) is 0 Å². The SMILES string of the molecule is Cc1ccc(F)c(Nc2nc(NN)ccc2[N+](=O)[O-])c1F. The first-order valence-electron chi connectivity index (χ1n) is 5.77. The van der Waals surface area contributed by atoms with E-state index in [9.17, 15) is 18.9 Å². The number of hydrogen-bond donors (Lipinski definition) is 3. The number of halogens is 2. The van der Waals surface area contributed by atoms with Crippen LogP contribution in [0.4, 0.5) is 31.8 Å². The van der Waals surface area contributed by atoms with Crippen LogP contribution in [0.5, 0.6) is 0 Å². The lowest BCUT2D eigenvalue weighted by atomic mass is 10.2. The number of pyridine rings is 1. The van der Waals surface area contributed by atoms with Crippen molar-refractivity contribution in [2.75, 3.05) is 10.7 Å². The maximum atomic E-state index is 13.9. The number of benzene rings is 1. The molecule has 0 bridgehead atoms. The molecule has 2 rings (SSSR count). The van der Waals surface area contributed by atoms with Crippen LogP contribution < -0.4 is 16.6 Å². The minimum absolute atomic E-state index is 0.108. The molecule has 0 radical (unpaired) electrons. The molecule has 4 N–H and O–H groups in total. The number of nitrogens with two attached hydrogens (primary N) is 1. The molecule has 0 atom stereocenters. The second-order valence-corrected chi connectivity index (χ2v) is 4.14. The second kappa shape index (κ2) is 5.67. The highest BCUT2D eigenvalue weighted by molar-refractivity contribution is 5.68. The summed E-state index contributed by atoms with van der Waals surface area (Å²) in [6.07, 6.45) is 0. The van der Waals surface area contributed by atoms with Gasteiger partial charge in [0.25, 0.3) is 0 Å². The van der Waals surface area contributed by atoms with E-state index in [-0.39, 0.29) is 17.2 Å². The standard InChI is InChI=1S/C12H11F2N5O2/c1-6-2-3-7(13)11(10(6)14)17-12-8(19(20)21)4-5-9(16-12)18-15/h2-5H,15H2,1H3,(H2,16,17,18). The summed E-state index contributed by atoms with van der Waals surface area (Å²) in [5.74, 6) is 3.21. The number of nitrogens with zero attached hydrogens (tertiary/aromatic N) is 2. The zero-order chi connectivity index (χ0) is 15.6. The van der Waals surface area contributed by atoms with Crippen LogP contribution in [0, 0.1) is 28.7 Å². The molecule has 0 aliphatic heterocycles. The molecule has 0 aliphatic carbocycles. The first kappa shape index (κ1) is 14.6. The molecule has 1 aromatic heterocycles. The molecule has 0 saturated carbocycles. The van der Waals surface area contributed by atoms with Gasteiger partial charge in [-0.3, -0.25) is 10.1 Å². The number of nitrogens with one attached hydrogen (secondary N) is 2. The van der Waals surface area contributed by atoms with Crippen molar-refractivity contribution in [1.29, 1.82) is 0 Å². The van der Waals surface area contributed by atoms with Gasteiger partial charge in [-0.25, -0.2) is 19.6 Å². The third-order valence-corrected chi connectivity index (χ3v) is 2.75. The van der Waals surface area contributed by atoms with Crippen LogP contribution in [-0.4, -0.2) is 9.91 Å². The molecule has 9 heteroatoms. The Labute approximate surface area is 117 Å². The van der Waals surface area contributed by atoms with E-state index < -0.39 is 27.9 Å². The molecular weight excluding hydrogens is 284 g/mol. The van der Waals surface area contributed by atoms with Crippen molar-refractivity contribution in [3.63, 3.8) is 0 Å². The van der Waals surface area contributed by atoms with E-state index in [2.05, 4.69) is 15.7 Å². The van der Waals surface area contributed by atoms with Gasteiger partial charge in [0.05, 0.1) is 4.92 Å². The van der Waals surface area contributed by atoms with Crippen LogP contribution >= 0.6 is 0 Å². The Kier molecular flexibility index (Phi) is 3.94. The van der Waals surface area contributed by atoms with Crippen molar-refractivity contribution < 1.29 is 13.7 Å². The minimum Gasteiger partial charge on any atom is -0.330 e. The van der Waals surface area contributed by atoms with Crippen LogP contribution in [0.2, 0.25) is 0 Å². The van der Waals surface area contributed by atoms with E-state index in [4.69, 9.17) is 5.84 Å². The minimum atomic E-state index is -0.889. The Morgan fingerprint density at radius 2 is 2.00 bits per heavy atom. The monoisotopic (exact) mass is 295 g/mol. The van der Waals surface area contributed by atoms with E-state index in [1.807, 2.05) is 0 Å². The smallest absolute Gasteiger partial charge is 0.311 e. The summed E-state index contributed by atoms with van der Waals surface area (Å²) in [4.78, 5) is 14.0. The zero-order valence-corrected chi connectivity index (χ0v) is 10.9. The predicted molar refractivity (Wildman–Crippen MR) is 73.1 cm³/mol. The molecule has 7 nitrogen and oxygen atoms in total. The van der Waals surface area contributed by atoms with Gasteiger partial charge in [-0.15, -0.1) is 0 Å². The molecule has 0 unspecified atom stereocenters. The Bertz CT molecular complexity index is 708. The summed E-state index contributed by atoms with van der Waals surface area (Å²) >= 11 is 0. The Balaban J connectivity index is 2.53. The van der Waals surface area contributed by atoms with Gasteiger partial charge in [-0.05, 0) is 24.6 Å². The number of anilines is 3. The number of rotatable bonds is 4. The van der Waals surface area contributed by atoms with Crippen molar-refractivity contribution >= 4 is 23.0 Å². The van der Waals surface area contributed by atoms with Crippen LogP contribution in [0.3, 0.4) is 0 Å². The Morgan fingerprint density at radius 1 is 1.29 bits per heavy atom. The Morgan fingerprint density at radius 3 is 2.62 bits per heavy atom. The van der Waals surface area contributed by atoms with Crippen molar-refractivity contribution in [2.45, 2.75) is 6.92 Å². The lowest BCUT2D eigenvalue weighted by Gasteiger charge is -2.11. The highest BCUT2D eigenvalue weighted by Gasteiger charge is 2.20. The fraction of sp³-hybridized carbons (Fsp3) is 0.0833. The number of nitro groups is 1. The summed E-state index contributed by atoms with van der Waals surface area (Å²) < 4.78 is 27.6. The summed E-state index contributed by atoms with van der Waals surface area (Å²) in [6, 6.07) is 4.70. The maximum absolute atomic E-state index is 13.9. The molecule has 110 valence electrons. The van der Waals surface area contributed by atoms with Gasteiger partial charge in [-0.1, -0.05) is 6.07 Å². The predicted octanol–water partition coefficient (Wildman–Crippen LogP) is 2.61. The summed E-state index contributed by atoms with van der Waals surface area (Å²) in [7, 11) is 0. The summed E-state index contributed by atoms with van der Waals surface area (Å²) in [5, 5.41) is 13.2. The maximum Gasteiger partial charge on any atom is 0.311 e. The van der Waals surface area contributed by atoms with E-state index >= 15 is 0 Å². The number of hydrazine groups is 1. The average Bonchev–Trinajstić information content (AvgIpc) is 2.47. The third kappa shape index (κ3) is 2.87. The highest BCUT2D eigenvalue weighted by Crippen LogP contribution is 2.30. The van der Waals surface area contributed by atoms with Gasteiger partial charge < -0.3 is 10.7 Å². The number of aromatic nitrogens is 1. The lowest BCUT2D eigenvalue weighted by molar-refractivity contribution is -0.384. The molecule has 0 fully saturated rings. The topological polar surface area (TPSA) is 106 Å². The molecule has 0 amide bonds. The fourth-order valence-electron chi connectivity index (χ4n) is 1.66. The zero-order valence-electron chi connectivity index (χ0n) is 10.9. The third-order valence-electron chi connectivity index (χ3n) is 2.75. The van der Waals surface area contributed by atoms with Gasteiger partial charge >= 0.3 is 5.69 Å². The average molecular weight is 295 g/mol. The van der Waals surface area contributed by atoms with Gasteiger partial charge in [0.1, 0.15) is 17.3 Å². The molecule has 1 heterocycles. The van der Waals surface area contributed by atoms with Crippen LogP contribution in [0.25, 0.3) is 0 Å². The lowest BCUT2D eigenvalue weighted by Crippen LogP contribution is -2.11. The normalized spacial score (nSPS) is 10.3. The molecule has 0 aliphatic rings. The number of nitrogen functional groups attached to an aromatic ring is 1. The molecular formula is C12H11F2N5O2. The highest BCUT2D eigenvalue weighted by atomic mass is 19.1. The quantitative estimate of drug-likeness (QED) is 0.455. The first-order chi connectivity index (χ1) is 9.93. The second-order valence-electron chi connectivity index (χ2n) is 4.14. The Hall–Kier alpha value is -2.81. The summed E-state index contributed by atoms with van der Waals surface area (Å²) in [6.45, 7) is 1.44. The van der Waals surface area contributed by atoms with Crippen LogP contribution in [0.1, 0.15) is 5.56 Å². The molecule has 21 heavy (non-hydrogen) atoms. The van der Waals surface area contributed by atoms with Gasteiger partial charge in [-0.2, -0.15) is 0 Å². The van der Waals surface area contributed by atoms with Crippen molar-refractivity contribution in [3.05, 3.63) is 51.6 Å². The van der Waals surface area contributed by atoms with E-state index in [1.54, 1.807) is 0 Å². The van der Waals surface area contributed by atoms with E-state index in [1.165, 1.54) is 19.1 Å². The summed E-state index contributed by atoms with van der Waals surface area (Å²) in [5.41, 5.74) is 1.44. The molecule has 1 aromatic carbocycles. The van der Waals surface area contributed by atoms with Crippen molar-refractivity contribution in [3.8, 4) is 0 Å².